The minimum absolute atomic E-state index is 0.0922. The van der Waals surface area contributed by atoms with E-state index in [9.17, 15) is 4.79 Å². The van der Waals surface area contributed by atoms with Crippen molar-refractivity contribution in [1.82, 2.24) is 20.0 Å². The highest BCUT2D eigenvalue weighted by atomic mass is 16.2. The van der Waals surface area contributed by atoms with Crippen LogP contribution in [-0.2, 0) is 11.8 Å². The van der Waals surface area contributed by atoms with Gasteiger partial charge >= 0.3 is 0 Å². The van der Waals surface area contributed by atoms with E-state index < -0.39 is 0 Å². The second kappa shape index (κ2) is 7.47. The molecular formula is C18H30N4O. The van der Waals surface area contributed by atoms with Gasteiger partial charge in [0.1, 0.15) is 0 Å². The topological polar surface area (TPSA) is 50.2 Å². The first-order valence-corrected chi connectivity index (χ1v) is 9.13. The normalized spacial score (nSPS) is 27.2. The first-order chi connectivity index (χ1) is 11.2. The van der Waals surface area contributed by atoms with E-state index in [0.717, 1.165) is 24.6 Å². The Morgan fingerprint density at radius 1 is 1.17 bits per heavy atom. The van der Waals surface area contributed by atoms with E-state index in [2.05, 4.69) is 10.4 Å². The van der Waals surface area contributed by atoms with Crippen molar-refractivity contribution in [2.75, 3.05) is 13.6 Å². The summed E-state index contributed by atoms with van der Waals surface area (Å²) in [7, 11) is 3.89. The van der Waals surface area contributed by atoms with Crippen molar-refractivity contribution < 1.29 is 4.79 Å². The number of amides is 1. The zero-order chi connectivity index (χ0) is 16.2. The fourth-order valence-electron chi connectivity index (χ4n) is 4.22. The van der Waals surface area contributed by atoms with E-state index in [1.165, 1.54) is 38.5 Å². The lowest BCUT2D eigenvalue weighted by atomic mass is 9.92. The molecule has 5 nitrogen and oxygen atoms in total. The summed E-state index contributed by atoms with van der Waals surface area (Å²) in [6.07, 6.45) is 11.6. The lowest BCUT2D eigenvalue weighted by Crippen LogP contribution is -2.50. The molecule has 2 heterocycles. The summed E-state index contributed by atoms with van der Waals surface area (Å²) in [6, 6.07) is 2.46. The van der Waals surface area contributed by atoms with Crippen molar-refractivity contribution in [3.05, 3.63) is 18.0 Å². The van der Waals surface area contributed by atoms with Gasteiger partial charge in [0.15, 0.2) is 0 Å². The number of hydrogen-bond donors (Lipinski definition) is 1. The molecule has 1 amide bonds. The van der Waals surface area contributed by atoms with E-state index in [1.54, 1.807) is 0 Å². The average molecular weight is 318 g/mol. The molecule has 5 heteroatoms. The monoisotopic (exact) mass is 318 g/mol. The lowest BCUT2D eigenvalue weighted by Gasteiger charge is -2.40. The van der Waals surface area contributed by atoms with Gasteiger partial charge in [0.25, 0.3) is 0 Å². The van der Waals surface area contributed by atoms with Gasteiger partial charge in [0.2, 0.25) is 5.91 Å². The standard InChI is InChI=1S/C18H30N4O/c1-21-17(23)10-9-15(18(21)16-11-12-20-22(16)2)19-13-14-7-5-3-4-6-8-14/h11-12,14-15,18-19H,3-10,13H2,1-2H3/t15-,18-/m1/s1. The van der Waals surface area contributed by atoms with Gasteiger partial charge in [-0.05, 0) is 37.8 Å². The van der Waals surface area contributed by atoms with Crippen LogP contribution in [0.15, 0.2) is 12.3 Å². The number of piperidine rings is 1. The summed E-state index contributed by atoms with van der Waals surface area (Å²) < 4.78 is 1.90. The highest BCUT2D eigenvalue weighted by Gasteiger charge is 2.36. The van der Waals surface area contributed by atoms with E-state index in [1.807, 2.05) is 35.9 Å². The van der Waals surface area contributed by atoms with Gasteiger partial charge in [0, 0.05) is 32.8 Å². The number of likely N-dealkylation sites (N-methyl/N-ethyl adjacent to an activating group) is 1. The second-order valence-corrected chi connectivity index (χ2v) is 7.24. The summed E-state index contributed by atoms with van der Waals surface area (Å²) in [5.74, 6) is 1.04. The van der Waals surface area contributed by atoms with E-state index >= 15 is 0 Å². The Labute approximate surface area is 139 Å². The molecule has 0 spiro atoms. The first-order valence-electron chi connectivity index (χ1n) is 9.13. The van der Waals surface area contributed by atoms with Crippen LogP contribution >= 0.6 is 0 Å². The zero-order valence-corrected chi connectivity index (χ0v) is 14.5. The summed E-state index contributed by atoms with van der Waals surface area (Å²) in [6.45, 7) is 1.08. The third-order valence-corrected chi connectivity index (χ3v) is 5.67. The first kappa shape index (κ1) is 16.5. The number of rotatable bonds is 4. The number of aryl methyl sites for hydroxylation is 1. The Balaban J connectivity index is 1.68. The summed E-state index contributed by atoms with van der Waals surface area (Å²) in [5, 5.41) is 8.10. The van der Waals surface area contributed by atoms with Crippen LogP contribution in [0, 0.1) is 5.92 Å². The van der Waals surface area contributed by atoms with Crippen LogP contribution in [-0.4, -0.2) is 40.2 Å². The molecule has 1 saturated heterocycles. The molecule has 23 heavy (non-hydrogen) atoms. The quantitative estimate of drug-likeness (QED) is 0.868. The van der Waals surface area contributed by atoms with E-state index in [4.69, 9.17) is 0 Å². The van der Waals surface area contributed by atoms with Crippen molar-refractivity contribution >= 4 is 5.91 Å². The predicted molar refractivity (Wildman–Crippen MR) is 90.9 cm³/mol. The van der Waals surface area contributed by atoms with Crippen LogP contribution in [0.3, 0.4) is 0 Å². The van der Waals surface area contributed by atoms with Crippen molar-refractivity contribution in [2.24, 2.45) is 13.0 Å². The number of nitrogens with one attached hydrogen (secondary N) is 1. The average Bonchev–Trinajstić information content (AvgIpc) is 2.81. The van der Waals surface area contributed by atoms with Gasteiger partial charge in [-0.2, -0.15) is 5.10 Å². The third-order valence-electron chi connectivity index (χ3n) is 5.67. The molecule has 3 rings (SSSR count). The molecule has 0 aromatic carbocycles. The molecule has 0 bridgehead atoms. The fourth-order valence-corrected chi connectivity index (χ4v) is 4.22. The minimum atomic E-state index is 0.0922. The molecule has 2 atom stereocenters. The highest BCUT2D eigenvalue weighted by Crippen LogP contribution is 2.31. The van der Waals surface area contributed by atoms with Crippen LogP contribution < -0.4 is 5.32 Å². The van der Waals surface area contributed by atoms with E-state index in [0.29, 0.717) is 12.5 Å². The van der Waals surface area contributed by atoms with Gasteiger partial charge in [-0.25, -0.2) is 0 Å². The maximum Gasteiger partial charge on any atom is 0.222 e. The molecule has 2 fully saturated rings. The third kappa shape index (κ3) is 3.77. The van der Waals surface area contributed by atoms with Crippen LogP contribution in [0.1, 0.15) is 63.1 Å². The van der Waals surface area contributed by atoms with Crippen molar-refractivity contribution in [3.63, 3.8) is 0 Å². The SMILES string of the molecule is CN1C(=O)CC[C@@H](NCC2CCCCCC2)[C@@H]1c1ccnn1C. The molecule has 2 aliphatic rings. The van der Waals surface area contributed by atoms with Crippen LogP contribution in [0.25, 0.3) is 0 Å². The highest BCUT2D eigenvalue weighted by molar-refractivity contribution is 5.77. The number of nitrogens with zero attached hydrogens (tertiary/aromatic N) is 3. The van der Waals surface area contributed by atoms with E-state index in [-0.39, 0.29) is 11.9 Å². The minimum Gasteiger partial charge on any atom is -0.336 e. The molecule has 0 radical (unpaired) electrons. The summed E-state index contributed by atoms with van der Waals surface area (Å²) in [4.78, 5) is 14.1. The van der Waals surface area contributed by atoms with Crippen LogP contribution in [0.5, 0.6) is 0 Å². The summed E-state index contributed by atoms with van der Waals surface area (Å²) in [5.41, 5.74) is 1.12. The number of carbonyl (C=O) groups is 1. The smallest absolute Gasteiger partial charge is 0.222 e. The zero-order valence-electron chi connectivity index (χ0n) is 14.5. The molecule has 1 aliphatic heterocycles. The molecule has 1 aromatic heterocycles. The number of carbonyl (C=O) groups excluding carboxylic acids is 1. The molecule has 1 aromatic rings. The van der Waals surface area contributed by atoms with Crippen molar-refractivity contribution in [2.45, 2.75) is 63.5 Å². The second-order valence-electron chi connectivity index (χ2n) is 7.24. The number of hydrogen-bond acceptors (Lipinski definition) is 3. The van der Waals surface area contributed by atoms with Gasteiger partial charge in [0.05, 0.1) is 11.7 Å². The largest absolute Gasteiger partial charge is 0.336 e. The number of likely N-dealkylation sites (tertiary alicyclic amines) is 1. The number of aromatic nitrogens is 2. The van der Waals surface area contributed by atoms with Gasteiger partial charge in [-0.3, -0.25) is 9.48 Å². The Hall–Kier alpha value is -1.36. The summed E-state index contributed by atoms with van der Waals surface area (Å²) >= 11 is 0. The van der Waals surface area contributed by atoms with Gasteiger partial charge < -0.3 is 10.2 Å². The van der Waals surface area contributed by atoms with Crippen molar-refractivity contribution in [1.29, 1.82) is 0 Å². The Morgan fingerprint density at radius 2 is 1.91 bits per heavy atom. The maximum atomic E-state index is 12.2. The predicted octanol–water partition coefficient (Wildman–Crippen LogP) is 2.64. The Bertz CT molecular complexity index is 519. The van der Waals surface area contributed by atoms with Gasteiger partial charge in [-0.1, -0.05) is 25.7 Å². The Morgan fingerprint density at radius 3 is 2.57 bits per heavy atom. The molecular weight excluding hydrogens is 288 g/mol. The van der Waals surface area contributed by atoms with Crippen LogP contribution in [0.2, 0.25) is 0 Å². The molecule has 1 N–H and O–H groups in total. The van der Waals surface area contributed by atoms with Crippen molar-refractivity contribution in [3.8, 4) is 0 Å². The molecule has 1 saturated carbocycles. The van der Waals surface area contributed by atoms with Crippen LogP contribution in [0.4, 0.5) is 0 Å². The maximum absolute atomic E-state index is 12.2. The molecule has 0 unspecified atom stereocenters. The fraction of sp³-hybridized carbons (Fsp3) is 0.778. The lowest BCUT2D eigenvalue weighted by molar-refractivity contribution is -0.136. The molecule has 1 aliphatic carbocycles. The molecule has 128 valence electrons. The Kier molecular flexibility index (Phi) is 5.36. The van der Waals surface area contributed by atoms with Gasteiger partial charge in [-0.15, -0.1) is 0 Å².